The Bertz CT molecular complexity index is 1040. The minimum Gasteiger partial charge on any atom is -0.496 e. The number of likely N-dealkylation sites (tertiary alicyclic amines) is 1. The monoisotopic (exact) mass is 414 g/mol. The van der Waals surface area contributed by atoms with E-state index in [1.165, 1.54) is 0 Å². The van der Waals surface area contributed by atoms with Crippen LogP contribution >= 0.6 is 0 Å². The van der Waals surface area contributed by atoms with Crippen molar-refractivity contribution in [3.8, 4) is 5.75 Å². The van der Waals surface area contributed by atoms with Crippen LogP contribution in [0.4, 0.5) is 0 Å². The Balaban J connectivity index is 1.58. The number of carbonyl (C=O) groups is 2. The van der Waals surface area contributed by atoms with Gasteiger partial charge in [0.2, 0.25) is 5.91 Å². The van der Waals surface area contributed by atoms with Crippen LogP contribution in [0.15, 0.2) is 84.9 Å². The predicted molar refractivity (Wildman–Crippen MR) is 120 cm³/mol. The third kappa shape index (κ3) is 4.61. The first kappa shape index (κ1) is 20.7. The first-order valence-electron chi connectivity index (χ1n) is 10.5. The van der Waals surface area contributed by atoms with Crippen molar-refractivity contribution in [3.63, 3.8) is 0 Å². The first-order chi connectivity index (χ1) is 15.2. The van der Waals surface area contributed by atoms with Gasteiger partial charge in [-0.15, -0.1) is 0 Å². The summed E-state index contributed by atoms with van der Waals surface area (Å²) in [6.45, 7) is 1.30. The van der Waals surface area contributed by atoms with Crippen LogP contribution in [0, 0.1) is 5.92 Å². The number of carbonyl (C=O) groups excluding carboxylic acids is 2. The summed E-state index contributed by atoms with van der Waals surface area (Å²) in [5, 5.41) is 3.06. The molecule has 0 unspecified atom stereocenters. The molecule has 3 aromatic carbocycles. The van der Waals surface area contributed by atoms with Gasteiger partial charge >= 0.3 is 0 Å². The maximum Gasteiger partial charge on any atom is 0.253 e. The zero-order chi connectivity index (χ0) is 21.6. The van der Waals surface area contributed by atoms with Crippen molar-refractivity contribution in [2.24, 2.45) is 5.92 Å². The second kappa shape index (κ2) is 9.47. The Morgan fingerprint density at radius 3 is 2.26 bits per heavy atom. The molecule has 4 rings (SSSR count). The molecule has 0 radical (unpaired) electrons. The smallest absolute Gasteiger partial charge is 0.253 e. The fourth-order valence-electron chi connectivity index (χ4n) is 4.20. The molecule has 1 saturated heterocycles. The van der Waals surface area contributed by atoms with E-state index in [1.807, 2.05) is 84.9 Å². The molecule has 1 aliphatic rings. The topological polar surface area (TPSA) is 58.6 Å². The maximum absolute atomic E-state index is 13.2. The van der Waals surface area contributed by atoms with Gasteiger partial charge in [-0.2, -0.15) is 0 Å². The number of para-hydroxylation sites is 1. The summed E-state index contributed by atoms with van der Waals surface area (Å²) >= 11 is 0. The average Bonchev–Trinajstić information content (AvgIpc) is 3.28. The van der Waals surface area contributed by atoms with Crippen molar-refractivity contribution in [1.82, 2.24) is 10.2 Å². The Hall–Kier alpha value is -3.60. The lowest BCUT2D eigenvalue weighted by Gasteiger charge is -2.20. The predicted octanol–water partition coefficient (Wildman–Crippen LogP) is 3.87. The third-order valence-electron chi connectivity index (χ3n) is 5.81. The number of amides is 2. The number of ether oxygens (including phenoxy) is 1. The van der Waals surface area contributed by atoms with Gasteiger partial charge in [0.1, 0.15) is 5.75 Å². The molecule has 5 nitrogen and oxygen atoms in total. The highest BCUT2D eigenvalue weighted by atomic mass is 16.5. The van der Waals surface area contributed by atoms with Crippen molar-refractivity contribution in [3.05, 3.63) is 102 Å². The second-order valence-corrected chi connectivity index (χ2v) is 7.73. The van der Waals surface area contributed by atoms with E-state index >= 15 is 0 Å². The zero-order valence-corrected chi connectivity index (χ0v) is 17.5. The number of hydrogen-bond acceptors (Lipinski definition) is 3. The van der Waals surface area contributed by atoms with Gasteiger partial charge < -0.3 is 15.0 Å². The summed E-state index contributed by atoms with van der Waals surface area (Å²) in [5.41, 5.74) is 2.62. The Kier molecular flexibility index (Phi) is 6.32. The molecule has 0 aliphatic carbocycles. The highest BCUT2D eigenvalue weighted by molar-refractivity contribution is 5.95. The molecule has 0 spiro atoms. The SMILES string of the molecule is COc1ccccc1[C@@H]1CN(C(=O)c2ccccc2)C[C@@H]1C(=O)NCc1ccccc1. The number of nitrogens with zero attached hydrogens (tertiary/aromatic N) is 1. The van der Waals surface area contributed by atoms with E-state index < -0.39 is 0 Å². The Morgan fingerprint density at radius 2 is 1.55 bits per heavy atom. The summed E-state index contributed by atoms with van der Waals surface area (Å²) in [6.07, 6.45) is 0. The number of nitrogens with one attached hydrogen (secondary N) is 1. The molecule has 31 heavy (non-hydrogen) atoms. The van der Waals surface area contributed by atoms with Crippen molar-refractivity contribution < 1.29 is 14.3 Å². The molecule has 1 aliphatic heterocycles. The van der Waals surface area contributed by atoms with Crippen LogP contribution in [0.3, 0.4) is 0 Å². The maximum atomic E-state index is 13.2. The second-order valence-electron chi connectivity index (χ2n) is 7.73. The van der Waals surface area contributed by atoms with Crippen molar-refractivity contribution in [2.45, 2.75) is 12.5 Å². The van der Waals surface area contributed by atoms with Gasteiger partial charge in [0.15, 0.2) is 0 Å². The van der Waals surface area contributed by atoms with Crippen LogP contribution in [-0.4, -0.2) is 36.9 Å². The van der Waals surface area contributed by atoms with Crippen molar-refractivity contribution >= 4 is 11.8 Å². The van der Waals surface area contributed by atoms with Crippen LogP contribution in [0.5, 0.6) is 5.75 Å². The van der Waals surface area contributed by atoms with Gasteiger partial charge in [0, 0.05) is 31.1 Å². The molecule has 0 aromatic heterocycles. The third-order valence-corrected chi connectivity index (χ3v) is 5.81. The molecule has 3 aromatic rings. The van der Waals surface area contributed by atoms with E-state index in [4.69, 9.17) is 4.74 Å². The van der Waals surface area contributed by atoms with E-state index in [0.29, 0.717) is 25.2 Å². The molecule has 0 bridgehead atoms. The summed E-state index contributed by atoms with van der Waals surface area (Å²) < 4.78 is 5.56. The van der Waals surface area contributed by atoms with Gasteiger partial charge in [-0.05, 0) is 29.3 Å². The number of rotatable bonds is 6. The molecule has 2 amide bonds. The van der Waals surface area contributed by atoms with Gasteiger partial charge in [-0.1, -0.05) is 66.7 Å². The lowest BCUT2D eigenvalue weighted by atomic mass is 9.87. The van der Waals surface area contributed by atoms with Crippen LogP contribution in [0.1, 0.15) is 27.4 Å². The fraction of sp³-hybridized carbons (Fsp3) is 0.231. The molecule has 1 heterocycles. The quantitative estimate of drug-likeness (QED) is 0.666. The van der Waals surface area contributed by atoms with Crippen molar-refractivity contribution in [1.29, 1.82) is 0 Å². The normalized spacial score (nSPS) is 17.9. The minimum atomic E-state index is -0.354. The van der Waals surface area contributed by atoms with Crippen LogP contribution in [0.25, 0.3) is 0 Å². The molecular formula is C26H26N2O3. The summed E-state index contributed by atoms with van der Waals surface area (Å²) in [7, 11) is 1.63. The van der Waals surface area contributed by atoms with E-state index in [2.05, 4.69) is 5.32 Å². The molecule has 0 saturated carbocycles. The van der Waals surface area contributed by atoms with Crippen LogP contribution in [0.2, 0.25) is 0 Å². The lowest BCUT2D eigenvalue weighted by Crippen LogP contribution is -2.35. The van der Waals surface area contributed by atoms with Gasteiger partial charge in [-0.3, -0.25) is 9.59 Å². The largest absolute Gasteiger partial charge is 0.496 e. The summed E-state index contributed by atoms with van der Waals surface area (Å²) in [5.74, 6) is 0.136. The van der Waals surface area contributed by atoms with E-state index in [-0.39, 0.29) is 23.7 Å². The summed E-state index contributed by atoms with van der Waals surface area (Å²) in [4.78, 5) is 28.1. The number of methoxy groups -OCH3 is 1. The van der Waals surface area contributed by atoms with E-state index in [9.17, 15) is 9.59 Å². The molecule has 1 fully saturated rings. The molecule has 1 N–H and O–H groups in total. The summed E-state index contributed by atoms with van der Waals surface area (Å²) in [6, 6.07) is 26.8. The lowest BCUT2D eigenvalue weighted by molar-refractivity contribution is -0.125. The van der Waals surface area contributed by atoms with Gasteiger partial charge in [0.05, 0.1) is 13.0 Å². The van der Waals surface area contributed by atoms with Gasteiger partial charge in [-0.25, -0.2) is 0 Å². The molecular weight excluding hydrogens is 388 g/mol. The zero-order valence-electron chi connectivity index (χ0n) is 17.5. The number of benzene rings is 3. The van der Waals surface area contributed by atoms with E-state index in [0.717, 1.165) is 16.9 Å². The standard InChI is InChI=1S/C26H26N2O3/c1-31-24-15-9-8-14-21(24)22-17-28(26(30)20-12-6-3-7-13-20)18-23(22)25(29)27-16-19-10-4-2-5-11-19/h2-15,22-23H,16-18H2,1H3,(H,27,29)/t22-,23-/m0/s1. The highest BCUT2D eigenvalue weighted by Gasteiger charge is 2.41. The average molecular weight is 415 g/mol. The Morgan fingerprint density at radius 1 is 0.903 bits per heavy atom. The molecule has 158 valence electrons. The van der Waals surface area contributed by atoms with Crippen LogP contribution in [-0.2, 0) is 11.3 Å². The molecule has 2 atom stereocenters. The number of hydrogen-bond donors (Lipinski definition) is 1. The van der Waals surface area contributed by atoms with Crippen LogP contribution < -0.4 is 10.1 Å². The minimum absolute atomic E-state index is 0.0527. The first-order valence-corrected chi connectivity index (χ1v) is 10.5. The fourth-order valence-corrected chi connectivity index (χ4v) is 4.20. The van der Waals surface area contributed by atoms with Gasteiger partial charge in [0.25, 0.3) is 5.91 Å². The van der Waals surface area contributed by atoms with Crippen molar-refractivity contribution in [2.75, 3.05) is 20.2 Å². The van der Waals surface area contributed by atoms with E-state index in [1.54, 1.807) is 12.0 Å². The molecule has 5 heteroatoms. The highest BCUT2D eigenvalue weighted by Crippen LogP contribution is 2.38. The Labute approximate surface area is 182 Å².